The largest absolute Gasteiger partial charge is 0.395 e. The number of nitrogens with zero attached hydrogens (tertiary/aromatic N) is 1. The third-order valence-corrected chi connectivity index (χ3v) is 8.10. The maximum atomic E-state index is 13.3. The molecule has 6 nitrogen and oxygen atoms in total. The first-order valence-corrected chi connectivity index (χ1v) is 9.20. The fraction of sp³-hybridized carbons (Fsp3) is 0.667. The van der Waals surface area contributed by atoms with E-state index in [0.29, 0.717) is 0 Å². The van der Waals surface area contributed by atoms with E-state index in [1.807, 2.05) is 38.8 Å². The van der Waals surface area contributed by atoms with Crippen molar-refractivity contribution in [3.63, 3.8) is 0 Å². The molecule has 114 valence electrons. The third-order valence-electron chi connectivity index (χ3n) is 3.63. The molecule has 0 radical (unpaired) electrons. The van der Waals surface area contributed by atoms with Crippen LogP contribution in [0.3, 0.4) is 0 Å². The van der Waals surface area contributed by atoms with Crippen LogP contribution in [0.15, 0.2) is 15.8 Å². The number of rotatable bonds is 4. The number of hydrogen-bond donors (Lipinski definition) is 2. The van der Waals surface area contributed by atoms with E-state index in [2.05, 4.69) is 0 Å². The highest BCUT2D eigenvalue weighted by molar-refractivity contribution is 6.74. The zero-order valence-corrected chi connectivity index (χ0v) is 13.4. The molecule has 0 bridgehead atoms. The first kappa shape index (κ1) is 16.8. The number of aromatic nitrogens is 2. The molecule has 0 saturated heterocycles. The van der Waals surface area contributed by atoms with Crippen LogP contribution in [0, 0.1) is 5.82 Å². The van der Waals surface area contributed by atoms with Crippen molar-refractivity contribution in [1.29, 1.82) is 0 Å². The molecular weight excluding hydrogens is 283 g/mol. The monoisotopic (exact) mass is 304 g/mol. The first-order chi connectivity index (χ1) is 8.99. The first-order valence-electron chi connectivity index (χ1n) is 6.29. The SMILES string of the molecule is CC(C)(C)[Si](C)(C)OC(CO)n1cc(F)c(=O)[nH]c1=O. The summed E-state index contributed by atoms with van der Waals surface area (Å²) in [6, 6.07) is 0. The second kappa shape index (κ2) is 5.62. The van der Waals surface area contributed by atoms with Crippen molar-refractivity contribution in [1.82, 2.24) is 9.55 Å². The quantitative estimate of drug-likeness (QED) is 0.818. The molecule has 1 heterocycles. The van der Waals surface area contributed by atoms with E-state index in [4.69, 9.17) is 4.43 Å². The lowest BCUT2D eigenvalue weighted by Crippen LogP contribution is -2.46. The van der Waals surface area contributed by atoms with Crippen molar-refractivity contribution in [2.45, 2.75) is 45.1 Å². The summed E-state index contributed by atoms with van der Waals surface area (Å²) in [7, 11) is -2.26. The van der Waals surface area contributed by atoms with Gasteiger partial charge in [0.05, 0.1) is 12.8 Å². The lowest BCUT2D eigenvalue weighted by Gasteiger charge is -2.39. The minimum Gasteiger partial charge on any atom is -0.395 e. The van der Waals surface area contributed by atoms with Crippen LogP contribution in [0.1, 0.15) is 27.0 Å². The molecule has 0 aromatic carbocycles. The van der Waals surface area contributed by atoms with Gasteiger partial charge in [0, 0.05) is 0 Å². The van der Waals surface area contributed by atoms with Crippen LogP contribution in [0.25, 0.3) is 0 Å². The second-order valence-corrected chi connectivity index (χ2v) is 10.9. The van der Waals surface area contributed by atoms with Gasteiger partial charge in [-0.05, 0) is 18.1 Å². The van der Waals surface area contributed by atoms with Gasteiger partial charge in [-0.1, -0.05) is 20.8 Å². The number of halogens is 1. The van der Waals surface area contributed by atoms with Gasteiger partial charge in [0.2, 0.25) is 5.82 Å². The Kier molecular flexibility index (Phi) is 4.72. The highest BCUT2D eigenvalue weighted by Crippen LogP contribution is 2.38. The van der Waals surface area contributed by atoms with Crippen molar-refractivity contribution in [2.75, 3.05) is 6.61 Å². The molecule has 0 saturated carbocycles. The van der Waals surface area contributed by atoms with E-state index >= 15 is 0 Å². The topological polar surface area (TPSA) is 84.3 Å². The summed E-state index contributed by atoms with van der Waals surface area (Å²) in [6.45, 7) is 9.42. The van der Waals surface area contributed by atoms with Crippen molar-refractivity contribution in [2.24, 2.45) is 0 Å². The van der Waals surface area contributed by atoms with Crippen LogP contribution >= 0.6 is 0 Å². The Labute approximate surface area is 117 Å². The van der Waals surface area contributed by atoms with E-state index in [1.54, 1.807) is 0 Å². The Hall–Kier alpha value is -1.25. The zero-order chi connectivity index (χ0) is 15.7. The summed E-state index contributed by atoms with van der Waals surface area (Å²) in [5, 5.41) is 9.28. The van der Waals surface area contributed by atoms with Gasteiger partial charge >= 0.3 is 5.69 Å². The van der Waals surface area contributed by atoms with Crippen LogP contribution < -0.4 is 11.2 Å². The van der Waals surface area contributed by atoms with Gasteiger partial charge in [0.25, 0.3) is 5.56 Å². The van der Waals surface area contributed by atoms with E-state index in [0.717, 1.165) is 10.8 Å². The molecule has 0 spiro atoms. The molecule has 1 aromatic rings. The maximum absolute atomic E-state index is 13.3. The predicted molar refractivity (Wildman–Crippen MR) is 75.7 cm³/mol. The summed E-state index contributed by atoms with van der Waals surface area (Å²) in [6.07, 6.45) is -0.260. The number of aromatic amines is 1. The van der Waals surface area contributed by atoms with Gasteiger partial charge in [-0.2, -0.15) is 4.39 Å². The van der Waals surface area contributed by atoms with Crippen LogP contribution in [-0.2, 0) is 4.43 Å². The molecule has 2 N–H and O–H groups in total. The summed E-state index contributed by atoms with van der Waals surface area (Å²) in [4.78, 5) is 24.5. The van der Waals surface area contributed by atoms with Gasteiger partial charge in [0.1, 0.15) is 0 Å². The van der Waals surface area contributed by atoms with Crippen molar-refractivity contribution < 1.29 is 13.9 Å². The van der Waals surface area contributed by atoms with Crippen LogP contribution in [-0.4, -0.2) is 29.6 Å². The fourth-order valence-electron chi connectivity index (χ4n) is 1.37. The van der Waals surface area contributed by atoms with Gasteiger partial charge in [-0.25, -0.2) is 4.79 Å². The molecule has 8 heteroatoms. The Morgan fingerprint density at radius 2 is 2.00 bits per heavy atom. The normalized spacial score (nSPS) is 14.3. The third kappa shape index (κ3) is 3.44. The van der Waals surface area contributed by atoms with Gasteiger partial charge < -0.3 is 9.53 Å². The van der Waals surface area contributed by atoms with Crippen LogP contribution in [0.2, 0.25) is 18.1 Å². The number of hydrogen-bond acceptors (Lipinski definition) is 4. The van der Waals surface area contributed by atoms with Crippen LogP contribution in [0.5, 0.6) is 0 Å². The van der Waals surface area contributed by atoms with Gasteiger partial charge in [0.15, 0.2) is 14.5 Å². The highest BCUT2D eigenvalue weighted by atomic mass is 28.4. The number of aliphatic hydroxyl groups excluding tert-OH is 1. The van der Waals surface area contributed by atoms with Gasteiger partial charge in [-0.15, -0.1) is 0 Å². The lowest BCUT2D eigenvalue weighted by molar-refractivity contribution is 0.0441. The standard InChI is InChI=1S/C12H21FN2O4Si/c1-12(2,3)20(4,5)19-9(7-16)15-6-8(13)10(17)14-11(15)18/h6,9,16H,7H2,1-5H3,(H,14,17,18). The average Bonchev–Trinajstić information content (AvgIpc) is 2.29. The Morgan fingerprint density at radius 3 is 2.45 bits per heavy atom. The molecule has 20 heavy (non-hydrogen) atoms. The number of aliphatic hydroxyl groups is 1. The molecule has 0 aliphatic heterocycles. The van der Waals surface area contributed by atoms with Crippen molar-refractivity contribution in [3.05, 3.63) is 32.9 Å². The molecule has 0 fully saturated rings. The van der Waals surface area contributed by atoms with Gasteiger partial charge in [-0.3, -0.25) is 14.3 Å². The maximum Gasteiger partial charge on any atom is 0.330 e. The minimum absolute atomic E-state index is 0.134. The highest BCUT2D eigenvalue weighted by Gasteiger charge is 2.39. The summed E-state index contributed by atoms with van der Waals surface area (Å²) >= 11 is 0. The Balaban J connectivity index is 3.19. The molecule has 1 rings (SSSR count). The van der Waals surface area contributed by atoms with Crippen molar-refractivity contribution >= 4 is 8.32 Å². The van der Waals surface area contributed by atoms with E-state index in [1.165, 1.54) is 0 Å². The minimum atomic E-state index is -2.26. The molecule has 0 aliphatic carbocycles. The smallest absolute Gasteiger partial charge is 0.330 e. The lowest BCUT2D eigenvalue weighted by atomic mass is 10.2. The Morgan fingerprint density at radius 1 is 1.45 bits per heavy atom. The summed E-state index contributed by atoms with van der Waals surface area (Å²) < 4.78 is 20.0. The van der Waals surface area contributed by atoms with Crippen molar-refractivity contribution in [3.8, 4) is 0 Å². The Bertz CT molecular complexity index is 588. The molecule has 1 atom stereocenters. The second-order valence-electron chi connectivity index (χ2n) is 6.16. The average molecular weight is 304 g/mol. The summed E-state index contributed by atoms with van der Waals surface area (Å²) in [5.74, 6) is -1.10. The fourth-order valence-corrected chi connectivity index (χ4v) is 2.60. The molecule has 0 amide bonds. The van der Waals surface area contributed by atoms with Crippen LogP contribution in [0.4, 0.5) is 4.39 Å². The van der Waals surface area contributed by atoms with E-state index < -0.39 is 38.2 Å². The predicted octanol–water partition coefficient (Wildman–Crippen LogP) is 1.19. The molecule has 1 unspecified atom stereocenters. The number of H-pyrrole nitrogens is 1. The number of nitrogens with one attached hydrogen (secondary N) is 1. The molecule has 0 aliphatic rings. The molecular formula is C12H21FN2O4Si. The molecule has 1 aromatic heterocycles. The summed E-state index contributed by atoms with van der Waals surface area (Å²) in [5.41, 5.74) is -1.90. The van der Waals surface area contributed by atoms with E-state index in [-0.39, 0.29) is 5.04 Å². The van der Waals surface area contributed by atoms with E-state index in [9.17, 15) is 19.1 Å². The zero-order valence-electron chi connectivity index (χ0n) is 12.4.